The summed E-state index contributed by atoms with van der Waals surface area (Å²) in [4.78, 5) is 14.3. The van der Waals surface area contributed by atoms with Gasteiger partial charge in [-0.25, -0.2) is 0 Å². The highest BCUT2D eigenvalue weighted by Gasteiger charge is 2.32. The number of likely N-dealkylation sites (N-methyl/N-ethyl adjacent to an activating group) is 1. The van der Waals surface area contributed by atoms with Crippen LogP contribution in [0.1, 0.15) is 25.5 Å². The predicted octanol–water partition coefficient (Wildman–Crippen LogP) is 0.569. The first kappa shape index (κ1) is 15.6. The number of nitrogens with zero attached hydrogens (tertiary/aromatic N) is 1. The smallest absolute Gasteiger partial charge is 0.238 e. The molecule has 0 radical (unpaired) electrons. The van der Waals surface area contributed by atoms with E-state index in [-0.39, 0.29) is 29.5 Å². The third-order valence-corrected chi connectivity index (χ3v) is 3.90. The Bertz CT molecular complexity index is 507. The van der Waals surface area contributed by atoms with Crippen LogP contribution in [0, 0.1) is 0 Å². The van der Waals surface area contributed by atoms with Crippen molar-refractivity contribution in [3.63, 3.8) is 0 Å². The fraction of sp³-hybridized carbons (Fsp3) is 0.533. The third kappa shape index (κ3) is 3.46. The van der Waals surface area contributed by atoms with Crippen LogP contribution in [0.2, 0.25) is 0 Å². The molecule has 1 fully saturated rings. The van der Waals surface area contributed by atoms with E-state index in [2.05, 4.69) is 15.5 Å². The number of amides is 1. The fourth-order valence-corrected chi connectivity index (χ4v) is 2.78. The summed E-state index contributed by atoms with van der Waals surface area (Å²) in [5.41, 5.74) is 0.712. The number of hydrogen-bond acceptors (Lipinski definition) is 5. The van der Waals surface area contributed by atoms with Gasteiger partial charge in [0.05, 0.1) is 0 Å². The molecule has 1 aliphatic rings. The number of hydrogen-bond donors (Lipinski definition) is 4. The predicted molar refractivity (Wildman–Crippen MR) is 80.2 cm³/mol. The maximum absolute atomic E-state index is 12.2. The number of carbonyl (C=O) groups is 1. The van der Waals surface area contributed by atoms with Gasteiger partial charge in [-0.2, -0.15) is 0 Å². The number of rotatable bonds is 4. The summed E-state index contributed by atoms with van der Waals surface area (Å²) in [7, 11) is 0. The molecular formula is C15H23N3O3. The van der Waals surface area contributed by atoms with Crippen LogP contribution in [0.5, 0.6) is 11.5 Å². The van der Waals surface area contributed by atoms with Crippen LogP contribution in [0.25, 0.3) is 0 Å². The summed E-state index contributed by atoms with van der Waals surface area (Å²) >= 11 is 0. The van der Waals surface area contributed by atoms with E-state index in [1.54, 1.807) is 12.1 Å². The maximum Gasteiger partial charge on any atom is 0.238 e. The molecule has 6 nitrogen and oxygen atoms in total. The highest BCUT2D eigenvalue weighted by Crippen LogP contribution is 2.32. The molecule has 1 saturated heterocycles. The summed E-state index contributed by atoms with van der Waals surface area (Å²) in [6, 6.07) is 4.21. The van der Waals surface area contributed by atoms with E-state index in [0.29, 0.717) is 18.7 Å². The molecule has 0 bridgehead atoms. The van der Waals surface area contributed by atoms with Gasteiger partial charge < -0.3 is 20.8 Å². The van der Waals surface area contributed by atoms with Crippen LogP contribution >= 0.6 is 0 Å². The maximum atomic E-state index is 12.2. The van der Waals surface area contributed by atoms with Gasteiger partial charge in [0.2, 0.25) is 5.91 Å². The van der Waals surface area contributed by atoms with Crippen molar-refractivity contribution in [2.45, 2.75) is 25.9 Å². The summed E-state index contributed by atoms with van der Waals surface area (Å²) < 4.78 is 0. The molecule has 2 unspecified atom stereocenters. The van der Waals surface area contributed by atoms with E-state index >= 15 is 0 Å². The average molecular weight is 293 g/mol. The van der Waals surface area contributed by atoms with E-state index < -0.39 is 0 Å². The Morgan fingerprint density at radius 3 is 2.95 bits per heavy atom. The van der Waals surface area contributed by atoms with Crippen LogP contribution in [-0.2, 0) is 4.79 Å². The van der Waals surface area contributed by atoms with E-state index in [1.165, 1.54) is 6.07 Å². The number of aromatic hydroxyl groups is 2. The van der Waals surface area contributed by atoms with Gasteiger partial charge in [-0.3, -0.25) is 9.69 Å². The molecular weight excluding hydrogens is 270 g/mol. The second-order valence-electron chi connectivity index (χ2n) is 5.27. The van der Waals surface area contributed by atoms with E-state index in [4.69, 9.17) is 0 Å². The molecule has 0 aromatic heterocycles. The van der Waals surface area contributed by atoms with Crippen LogP contribution in [0.3, 0.4) is 0 Å². The largest absolute Gasteiger partial charge is 0.508 e. The zero-order chi connectivity index (χ0) is 15.4. The molecule has 2 atom stereocenters. The minimum Gasteiger partial charge on any atom is -0.508 e. The highest BCUT2D eigenvalue weighted by molar-refractivity contribution is 5.82. The first-order chi connectivity index (χ1) is 10.0. The Kier molecular flexibility index (Phi) is 5.03. The van der Waals surface area contributed by atoms with Crippen molar-refractivity contribution < 1.29 is 15.0 Å². The summed E-state index contributed by atoms with van der Waals surface area (Å²) in [5.74, 6) is 0.0783. The number of phenols is 2. The molecule has 21 heavy (non-hydrogen) atoms. The SMILES string of the molecule is CCNC(=O)C1CNCCN1C(C)c1ccc(O)cc1O. The van der Waals surface area contributed by atoms with Crippen LogP contribution < -0.4 is 10.6 Å². The Morgan fingerprint density at radius 2 is 2.29 bits per heavy atom. The topological polar surface area (TPSA) is 84.8 Å². The first-order valence-corrected chi connectivity index (χ1v) is 7.30. The van der Waals surface area contributed by atoms with Gasteiger partial charge in [0.1, 0.15) is 17.5 Å². The van der Waals surface area contributed by atoms with E-state index in [0.717, 1.165) is 13.1 Å². The Hall–Kier alpha value is -1.79. The summed E-state index contributed by atoms with van der Waals surface area (Å²) in [6.45, 7) is 6.58. The second kappa shape index (κ2) is 6.78. The zero-order valence-corrected chi connectivity index (χ0v) is 12.5. The molecule has 6 heteroatoms. The second-order valence-corrected chi connectivity index (χ2v) is 5.27. The first-order valence-electron chi connectivity index (χ1n) is 7.30. The summed E-state index contributed by atoms with van der Waals surface area (Å²) in [6.07, 6.45) is 0. The van der Waals surface area contributed by atoms with Crippen LogP contribution in [-0.4, -0.2) is 53.2 Å². The van der Waals surface area contributed by atoms with Gasteiger partial charge in [-0.05, 0) is 19.9 Å². The van der Waals surface area contributed by atoms with Crippen molar-refractivity contribution in [2.24, 2.45) is 0 Å². The molecule has 1 heterocycles. The molecule has 2 rings (SSSR count). The van der Waals surface area contributed by atoms with Gasteiger partial charge in [-0.1, -0.05) is 6.07 Å². The minimum atomic E-state index is -0.262. The fourth-order valence-electron chi connectivity index (χ4n) is 2.78. The lowest BCUT2D eigenvalue weighted by Gasteiger charge is -2.39. The lowest BCUT2D eigenvalue weighted by atomic mass is 10.0. The summed E-state index contributed by atoms with van der Waals surface area (Å²) in [5, 5.41) is 25.5. The van der Waals surface area contributed by atoms with Gasteiger partial charge in [-0.15, -0.1) is 0 Å². The van der Waals surface area contributed by atoms with Crippen molar-refractivity contribution in [3.8, 4) is 11.5 Å². The molecule has 116 valence electrons. The van der Waals surface area contributed by atoms with Crippen molar-refractivity contribution in [1.29, 1.82) is 0 Å². The van der Waals surface area contributed by atoms with Crippen LogP contribution in [0.15, 0.2) is 18.2 Å². The molecule has 4 N–H and O–H groups in total. The van der Waals surface area contributed by atoms with Gasteiger partial charge in [0.25, 0.3) is 0 Å². The Balaban J connectivity index is 2.21. The van der Waals surface area contributed by atoms with E-state index in [9.17, 15) is 15.0 Å². The standard InChI is InChI=1S/C15H23N3O3/c1-3-17-15(21)13-9-16-6-7-18(13)10(2)12-5-4-11(19)8-14(12)20/h4-5,8,10,13,16,19-20H,3,6-7,9H2,1-2H3,(H,17,21). The van der Waals surface area contributed by atoms with Crippen molar-refractivity contribution in [2.75, 3.05) is 26.2 Å². The van der Waals surface area contributed by atoms with Gasteiger partial charge >= 0.3 is 0 Å². The average Bonchev–Trinajstić information content (AvgIpc) is 2.47. The number of carbonyl (C=O) groups excluding carboxylic acids is 1. The molecule has 0 saturated carbocycles. The van der Waals surface area contributed by atoms with Gasteiger partial charge in [0.15, 0.2) is 0 Å². The number of benzene rings is 1. The third-order valence-electron chi connectivity index (χ3n) is 3.90. The number of nitrogens with one attached hydrogen (secondary N) is 2. The van der Waals surface area contributed by atoms with Crippen molar-refractivity contribution in [1.82, 2.24) is 15.5 Å². The molecule has 0 spiro atoms. The minimum absolute atomic E-state index is 0.00480. The lowest BCUT2D eigenvalue weighted by Crippen LogP contribution is -2.58. The molecule has 0 aliphatic carbocycles. The normalized spacial score (nSPS) is 21.0. The monoisotopic (exact) mass is 293 g/mol. The number of piperazine rings is 1. The zero-order valence-electron chi connectivity index (χ0n) is 12.5. The Labute approximate surface area is 124 Å². The van der Waals surface area contributed by atoms with Crippen molar-refractivity contribution in [3.05, 3.63) is 23.8 Å². The molecule has 1 aliphatic heterocycles. The number of phenolic OH excluding ortho intramolecular Hbond substituents is 2. The molecule has 1 aromatic carbocycles. The van der Waals surface area contributed by atoms with Crippen LogP contribution in [0.4, 0.5) is 0 Å². The van der Waals surface area contributed by atoms with Gasteiger partial charge in [0, 0.05) is 43.9 Å². The van der Waals surface area contributed by atoms with Crippen molar-refractivity contribution >= 4 is 5.91 Å². The highest BCUT2D eigenvalue weighted by atomic mass is 16.3. The Morgan fingerprint density at radius 1 is 1.52 bits per heavy atom. The van der Waals surface area contributed by atoms with E-state index in [1.807, 2.05) is 13.8 Å². The molecule has 1 aromatic rings. The quantitative estimate of drug-likeness (QED) is 0.652. The lowest BCUT2D eigenvalue weighted by molar-refractivity contribution is -0.128. The molecule has 1 amide bonds.